The summed E-state index contributed by atoms with van der Waals surface area (Å²) >= 11 is 0. The molecule has 0 aliphatic rings. The minimum absolute atomic E-state index is 0.0879. The Balaban J connectivity index is 2.57. The zero-order valence-electron chi connectivity index (χ0n) is 13.5. The van der Waals surface area contributed by atoms with Crippen LogP contribution in [-0.2, 0) is 25.7 Å². The van der Waals surface area contributed by atoms with Gasteiger partial charge in [-0.1, -0.05) is 42.0 Å². The maximum Gasteiger partial charge on any atom is 0.316 e. The second-order valence-corrected chi connectivity index (χ2v) is 5.09. The number of hydrogen-bond donors (Lipinski definition) is 0. The molecule has 120 valence electrons. The van der Waals surface area contributed by atoms with Crippen molar-refractivity contribution in [2.24, 2.45) is 5.92 Å². The smallest absolute Gasteiger partial charge is 0.316 e. The molecular weight excluding hydrogens is 280 g/mol. The molecule has 0 bridgehead atoms. The lowest BCUT2D eigenvalue weighted by Crippen LogP contribution is -2.29. The van der Waals surface area contributed by atoms with Crippen LogP contribution in [-0.4, -0.2) is 25.0 Å². The summed E-state index contributed by atoms with van der Waals surface area (Å²) in [6, 6.07) is 9.61. The van der Waals surface area contributed by atoms with Gasteiger partial charge in [-0.15, -0.1) is 0 Å². The van der Waals surface area contributed by atoms with E-state index in [-0.39, 0.29) is 19.0 Å². The normalized spacial score (nSPS) is 12.8. The minimum Gasteiger partial charge on any atom is -0.465 e. The van der Waals surface area contributed by atoms with Gasteiger partial charge in [-0.05, 0) is 32.8 Å². The van der Waals surface area contributed by atoms with Crippen molar-refractivity contribution in [3.05, 3.63) is 47.5 Å². The second-order valence-electron chi connectivity index (χ2n) is 5.09. The Hall–Kier alpha value is -1.94. The van der Waals surface area contributed by atoms with Crippen LogP contribution in [0.5, 0.6) is 0 Å². The third-order valence-corrected chi connectivity index (χ3v) is 3.33. The van der Waals surface area contributed by atoms with Crippen LogP contribution >= 0.6 is 0 Å². The first-order valence-corrected chi connectivity index (χ1v) is 7.51. The number of esters is 1. The van der Waals surface area contributed by atoms with Crippen LogP contribution in [0.1, 0.15) is 32.8 Å². The molecule has 0 radical (unpaired) electrons. The van der Waals surface area contributed by atoms with Gasteiger partial charge in [0, 0.05) is 0 Å². The minimum atomic E-state index is -0.785. The lowest BCUT2D eigenvalue weighted by molar-refractivity contribution is -0.152. The average Bonchev–Trinajstić information content (AvgIpc) is 2.53. The van der Waals surface area contributed by atoms with Crippen LogP contribution in [0.15, 0.2) is 42.0 Å². The Labute approximate surface area is 132 Å². The third kappa shape index (κ3) is 6.22. The average molecular weight is 304 g/mol. The predicted molar refractivity (Wildman–Crippen MR) is 85.3 cm³/mol. The summed E-state index contributed by atoms with van der Waals surface area (Å²) in [7, 11) is 0. The summed E-state index contributed by atoms with van der Waals surface area (Å²) in [5.41, 5.74) is 1.97. The fourth-order valence-corrected chi connectivity index (χ4v) is 1.96. The van der Waals surface area contributed by atoms with Crippen molar-refractivity contribution in [2.75, 3.05) is 13.2 Å². The van der Waals surface area contributed by atoms with Gasteiger partial charge >= 0.3 is 5.97 Å². The van der Waals surface area contributed by atoms with Gasteiger partial charge in [0.15, 0.2) is 5.78 Å². The van der Waals surface area contributed by atoms with Crippen molar-refractivity contribution in [1.82, 2.24) is 0 Å². The van der Waals surface area contributed by atoms with E-state index in [1.54, 1.807) is 6.92 Å². The molecule has 0 amide bonds. The molecule has 0 fully saturated rings. The van der Waals surface area contributed by atoms with Crippen LogP contribution in [0, 0.1) is 5.92 Å². The first-order valence-electron chi connectivity index (χ1n) is 7.51. The quantitative estimate of drug-likeness (QED) is 0.399. The van der Waals surface area contributed by atoms with Gasteiger partial charge in [-0.2, -0.15) is 0 Å². The van der Waals surface area contributed by atoms with Crippen LogP contribution in [0.4, 0.5) is 0 Å². The first-order chi connectivity index (χ1) is 10.6. The Morgan fingerprint density at radius 3 is 2.50 bits per heavy atom. The van der Waals surface area contributed by atoms with Crippen molar-refractivity contribution < 1.29 is 19.1 Å². The molecule has 0 spiro atoms. The first kappa shape index (κ1) is 18.1. The second kappa shape index (κ2) is 9.90. The van der Waals surface area contributed by atoms with Gasteiger partial charge in [0.2, 0.25) is 0 Å². The Kier molecular flexibility index (Phi) is 8.15. The van der Waals surface area contributed by atoms with E-state index in [9.17, 15) is 9.59 Å². The molecule has 0 saturated heterocycles. The zero-order valence-corrected chi connectivity index (χ0v) is 13.5. The number of ketones is 1. The molecular formula is C18H24O4. The lowest BCUT2D eigenvalue weighted by atomic mass is 9.96. The van der Waals surface area contributed by atoms with Crippen molar-refractivity contribution in [1.29, 1.82) is 0 Å². The molecule has 1 unspecified atom stereocenters. The van der Waals surface area contributed by atoms with Crippen LogP contribution in [0.2, 0.25) is 0 Å². The standard InChI is InChI=1S/C18H24O4/c1-4-14(3)11-16(18(20)22-5-2)17(19)13-21-12-15-9-7-6-8-10-15/h4,6-10,16H,5,11-13H2,1-3H3/b14-4+. The fraction of sp³-hybridized carbons (Fsp3) is 0.444. The fourth-order valence-electron chi connectivity index (χ4n) is 1.96. The van der Waals surface area contributed by atoms with Crippen molar-refractivity contribution >= 4 is 11.8 Å². The molecule has 4 heteroatoms. The number of carbonyl (C=O) groups is 2. The molecule has 22 heavy (non-hydrogen) atoms. The topological polar surface area (TPSA) is 52.6 Å². The maximum atomic E-state index is 12.2. The summed E-state index contributed by atoms with van der Waals surface area (Å²) < 4.78 is 10.4. The summed E-state index contributed by atoms with van der Waals surface area (Å²) in [5, 5.41) is 0. The lowest BCUT2D eigenvalue weighted by Gasteiger charge is -2.15. The van der Waals surface area contributed by atoms with Crippen molar-refractivity contribution in [2.45, 2.75) is 33.8 Å². The maximum absolute atomic E-state index is 12.2. The van der Waals surface area contributed by atoms with Crippen molar-refractivity contribution in [3.63, 3.8) is 0 Å². The number of allylic oxidation sites excluding steroid dienone is 2. The van der Waals surface area contributed by atoms with E-state index in [0.29, 0.717) is 13.0 Å². The van der Waals surface area contributed by atoms with E-state index in [1.165, 1.54) is 0 Å². The molecule has 1 atom stereocenters. The SMILES string of the molecule is C/C=C(\C)CC(C(=O)COCc1ccccc1)C(=O)OCC. The van der Waals surface area contributed by atoms with E-state index in [1.807, 2.05) is 50.3 Å². The van der Waals surface area contributed by atoms with E-state index in [0.717, 1.165) is 11.1 Å². The van der Waals surface area contributed by atoms with Gasteiger partial charge in [0.05, 0.1) is 13.2 Å². The summed E-state index contributed by atoms with van der Waals surface area (Å²) in [4.78, 5) is 24.2. The number of hydrogen-bond acceptors (Lipinski definition) is 4. The van der Waals surface area contributed by atoms with Gasteiger partial charge in [0.1, 0.15) is 12.5 Å². The highest BCUT2D eigenvalue weighted by Gasteiger charge is 2.27. The number of Topliss-reactive ketones (excluding diaryl/α,β-unsaturated/α-hetero) is 1. The number of benzene rings is 1. The number of carbonyl (C=O) groups excluding carboxylic acids is 2. The number of ether oxygens (including phenoxy) is 2. The van der Waals surface area contributed by atoms with Gasteiger partial charge in [-0.25, -0.2) is 0 Å². The molecule has 1 aromatic carbocycles. The molecule has 0 aliphatic carbocycles. The summed E-state index contributed by atoms with van der Waals surface area (Å²) in [6.45, 7) is 6.04. The zero-order chi connectivity index (χ0) is 16.4. The molecule has 0 saturated carbocycles. The van der Waals surface area contributed by atoms with Crippen molar-refractivity contribution in [3.8, 4) is 0 Å². The Morgan fingerprint density at radius 2 is 1.91 bits per heavy atom. The highest BCUT2D eigenvalue weighted by atomic mass is 16.5. The van der Waals surface area contributed by atoms with Crippen LogP contribution in [0.3, 0.4) is 0 Å². The highest BCUT2D eigenvalue weighted by Crippen LogP contribution is 2.15. The largest absolute Gasteiger partial charge is 0.465 e. The summed E-state index contributed by atoms with van der Waals surface area (Å²) in [5.74, 6) is -1.50. The number of rotatable bonds is 9. The molecule has 1 rings (SSSR count). The Morgan fingerprint density at radius 1 is 1.23 bits per heavy atom. The Bertz CT molecular complexity index is 505. The van der Waals surface area contributed by atoms with Crippen LogP contribution in [0.25, 0.3) is 0 Å². The summed E-state index contributed by atoms with van der Waals surface area (Å²) in [6.07, 6.45) is 2.27. The predicted octanol–water partition coefficient (Wildman–Crippen LogP) is 3.31. The molecule has 4 nitrogen and oxygen atoms in total. The molecule has 1 aromatic rings. The van der Waals surface area contributed by atoms with Gasteiger partial charge < -0.3 is 9.47 Å². The molecule has 0 N–H and O–H groups in total. The molecule has 0 heterocycles. The van der Waals surface area contributed by atoms with E-state index < -0.39 is 11.9 Å². The van der Waals surface area contributed by atoms with Crippen LogP contribution < -0.4 is 0 Å². The van der Waals surface area contributed by atoms with Gasteiger partial charge in [-0.3, -0.25) is 9.59 Å². The van der Waals surface area contributed by atoms with E-state index in [2.05, 4.69) is 0 Å². The van der Waals surface area contributed by atoms with E-state index >= 15 is 0 Å². The highest BCUT2D eigenvalue weighted by molar-refractivity contribution is 5.99. The molecule has 0 aliphatic heterocycles. The van der Waals surface area contributed by atoms with E-state index in [4.69, 9.17) is 9.47 Å². The monoisotopic (exact) mass is 304 g/mol. The third-order valence-electron chi connectivity index (χ3n) is 3.33. The van der Waals surface area contributed by atoms with Gasteiger partial charge in [0.25, 0.3) is 0 Å². The molecule has 0 aromatic heterocycles.